The van der Waals surface area contributed by atoms with E-state index in [1.165, 1.54) is 19.3 Å². The largest absolute Gasteiger partial charge is 0.378 e. The van der Waals surface area contributed by atoms with Gasteiger partial charge in [-0.25, -0.2) is 0 Å². The Morgan fingerprint density at radius 2 is 2.20 bits per heavy atom. The average molecular weight is 142 g/mol. The van der Waals surface area contributed by atoms with Gasteiger partial charge in [-0.05, 0) is 24.7 Å². The van der Waals surface area contributed by atoms with E-state index in [0.29, 0.717) is 11.5 Å². The minimum absolute atomic E-state index is 0.527. The molecule has 0 radical (unpaired) electrons. The van der Waals surface area contributed by atoms with Crippen molar-refractivity contribution in [3.8, 4) is 0 Å². The van der Waals surface area contributed by atoms with Gasteiger partial charge in [0.1, 0.15) is 0 Å². The second kappa shape index (κ2) is 2.91. The Kier molecular flexibility index (Phi) is 2.35. The lowest BCUT2D eigenvalue weighted by molar-refractivity contribution is -0.0368. The summed E-state index contributed by atoms with van der Waals surface area (Å²) in [5.41, 5.74) is 0.527. The molecule has 1 fully saturated rings. The molecule has 1 heteroatoms. The fourth-order valence-corrected chi connectivity index (χ4v) is 1.54. The highest BCUT2D eigenvalue weighted by molar-refractivity contribution is 4.77. The van der Waals surface area contributed by atoms with Crippen molar-refractivity contribution in [3.05, 3.63) is 0 Å². The van der Waals surface area contributed by atoms with Crippen LogP contribution in [0.25, 0.3) is 0 Å². The second-order valence-corrected chi connectivity index (χ2v) is 4.02. The molecule has 0 aromatic rings. The van der Waals surface area contributed by atoms with Crippen molar-refractivity contribution >= 4 is 0 Å². The van der Waals surface area contributed by atoms with Crippen LogP contribution in [-0.2, 0) is 4.74 Å². The van der Waals surface area contributed by atoms with Crippen LogP contribution in [0.1, 0.15) is 40.0 Å². The summed E-state index contributed by atoms with van der Waals surface area (Å²) in [4.78, 5) is 0. The molecule has 1 aliphatic heterocycles. The lowest BCUT2D eigenvalue weighted by Crippen LogP contribution is -2.30. The fourth-order valence-electron chi connectivity index (χ4n) is 1.54. The van der Waals surface area contributed by atoms with Crippen LogP contribution in [0.5, 0.6) is 0 Å². The molecule has 0 amide bonds. The van der Waals surface area contributed by atoms with Crippen LogP contribution in [0.4, 0.5) is 0 Å². The van der Waals surface area contributed by atoms with Crippen molar-refractivity contribution in [1.82, 2.24) is 0 Å². The summed E-state index contributed by atoms with van der Waals surface area (Å²) in [5.74, 6) is 0. The summed E-state index contributed by atoms with van der Waals surface area (Å²) in [6, 6.07) is 0. The summed E-state index contributed by atoms with van der Waals surface area (Å²) in [5, 5.41) is 0. The molecule has 0 aliphatic carbocycles. The summed E-state index contributed by atoms with van der Waals surface area (Å²) in [6.45, 7) is 7.83. The van der Waals surface area contributed by atoms with Crippen molar-refractivity contribution in [2.24, 2.45) is 5.41 Å². The standard InChI is InChI=1S/C9H18O/c1-4-8-7-9(2,3)5-6-10-8/h8H,4-7H2,1-3H3. The van der Waals surface area contributed by atoms with E-state index in [2.05, 4.69) is 20.8 Å². The Hall–Kier alpha value is -0.0400. The molecule has 0 bridgehead atoms. The molecule has 60 valence electrons. The number of hydrogen-bond acceptors (Lipinski definition) is 1. The molecule has 10 heavy (non-hydrogen) atoms. The first kappa shape index (κ1) is 8.06. The summed E-state index contributed by atoms with van der Waals surface area (Å²) in [7, 11) is 0. The van der Waals surface area contributed by atoms with E-state index in [1.54, 1.807) is 0 Å². The molecule has 1 heterocycles. The monoisotopic (exact) mass is 142 g/mol. The molecule has 0 saturated carbocycles. The Bertz CT molecular complexity index is 107. The van der Waals surface area contributed by atoms with Gasteiger partial charge in [-0.2, -0.15) is 0 Å². The lowest BCUT2D eigenvalue weighted by atomic mass is 9.81. The minimum atomic E-state index is 0.527. The first-order valence-corrected chi connectivity index (χ1v) is 4.26. The molecule has 0 aromatic carbocycles. The number of ether oxygens (including phenoxy) is 1. The van der Waals surface area contributed by atoms with Crippen LogP contribution in [-0.4, -0.2) is 12.7 Å². The van der Waals surface area contributed by atoms with E-state index in [9.17, 15) is 0 Å². The van der Waals surface area contributed by atoms with Gasteiger partial charge in [0.25, 0.3) is 0 Å². The Morgan fingerprint density at radius 3 is 2.60 bits per heavy atom. The van der Waals surface area contributed by atoms with E-state index in [0.717, 1.165) is 6.61 Å². The van der Waals surface area contributed by atoms with Crippen LogP contribution >= 0.6 is 0 Å². The van der Waals surface area contributed by atoms with Crippen molar-refractivity contribution in [2.75, 3.05) is 6.61 Å². The van der Waals surface area contributed by atoms with Gasteiger partial charge in [0.2, 0.25) is 0 Å². The van der Waals surface area contributed by atoms with Crippen molar-refractivity contribution < 1.29 is 4.74 Å². The van der Waals surface area contributed by atoms with E-state index >= 15 is 0 Å². The molecule has 1 unspecified atom stereocenters. The fraction of sp³-hybridized carbons (Fsp3) is 1.00. The second-order valence-electron chi connectivity index (χ2n) is 4.02. The average Bonchev–Trinajstić information content (AvgIpc) is 1.86. The zero-order chi connectivity index (χ0) is 7.61. The molecule has 1 atom stereocenters. The van der Waals surface area contributed by atoms with Gasteiger partial charge >= 0.3 is 0 Å². The predicted molar refractivity (Wildman–Crippen MR) is 43.0 cm³/mol. The highest BCUT2D eigenvalue weighted by Crippen LogP contribution is 2.32. The summed E-state index contributed by atoms with van der Waals surface area (Å²) in [6.07, 6.45) is 4.17. The Morgan fingerprint density at radius 1 is 1.50 bits per heavy atom. The van der Waals surface area contributed by atoms with Crippen LogP contribution in [0.2, 0.25) is 0 Å². The molecule has 0 N–H and O–H groups in total. The molecule has 0 spiro atoms. The third-order valence-corrected chi connectivity index (χ3v) is 2.37. The van der Waals surface area contributed by atoms with Crippen molar-refractivity contribution in [2.45, 2.75) is 46.1 Å². The molecule has 0 aromatic heterocycles. The third-order valence-electron chi connectivity index (χ3n) is 2.37. The van der Waals surface area contributed by atoms with Crippen molar-refractivity contribution in [3.63, 3.8) is 0 Å². The van der Waals surface area contributed by atoms with Crippen LogP contribution in [0.15, 0.2) is 0 Å². The maximum Gasteiger partial charge on any atom is 0.0577 e. The lowest BCUT2D eigenvalue weighted by Gasteiger charge is -2.34. The first-order valence-electron chi connectivity index (χ1n) is 4.26. The zero-order valence-corrected chi connectivity index (χ0v) is 7.31. The van der Waals surface area contributed by atoms with Gasteiger partial charge < -0.3 is 4.74 Å². The SMILES string of the molecule is CCC1CC(C)(C)CCO1. The van der Waals surface area contributed by atoms with E-state index in [1.807, 2.05) is 0 Å². The molecular weight excluding hydrogens is 124 g/mol. The topological polar surface area (TPSA) is 9.23 Å². The third kappa shape index (κ3) is 1.98. The maximum atomic E-state index is 5.56. The van der Waals surface area contributed by atoms with Crippen molar-refractivity contribution in [1.29, 1.82) is 0 Å². The molecule has 1 nitrogen and oxygen atoms in total. The maximum absolute atomic E-state index is 5.56. The molecule has 1 aliphatic rings. The molecule has 1 saturated heterocycles. The summed E-state index contributed by atoms with van der Waals surface area (Å²) >= 11 is 0. The van der Waals surface area contributed by atoms with E-state index in [4.69, 9.17) is 4.74 Å². The van der Waals surface area contributed by atoms with Gasteiger partial charge in [0.05, 0.1) is 6.10 Å². The van der Waals surface area contributed by atoms with E-state index in [-0.39, 0.29) is 0 Å². The molecule has 1 rings (SSSR count). The summed E-state index contributed by atoms with van der Waals surface area (Å²) < 4.78 is 5.56. The Balaban J connectivity index is 2.40. The number of rotatable bonds is 1. The van der Waals surface area contributed by atoms with Gasteiger partial charge in [-0.1, -0.05) is 20.8 Å². The smallest absolute Gasteiger partial charge is 0.0577 e. The predicted octanol–water partition coefficient (Wildman–Crippen LogP) is 2.60. The van der Waals surface area contributed by atoms with Gasteiger partial charge in [-0.15, -0.1) is 0 Å². The zero-order valence-electron chi connectivity index (χ0n) is 7.31. The highest BCUT2D eigenvalue weighted by atomic mass is 16.5. The first-order chi connectivity index (χ1) is 4.64. The van der Waals surface area contributed by atoms with Crippen LogP contribution in [0.3, 0.4) is 0 Å². The minimum Gasteiger partial charge on any atom is -0.378 e. The normalized spacial score (nSPS) is 32.1. The van der Waals surface area contributed by atoms with Crippen LogP contribution in [0, 0.1) is 5.41 Å². The highest BCUT2D eigenvalue weighted by Gasteiger charge is 2.27. The molecular formula is C9H18O. The van der Waals surface area contributed by atoms with Crippen LogP contribution < -0.4 is 0 Å². The quantitative estimate of drug-likeness (QED) is 0.547. The van der Waals surface area contributed by atoms with Gasteiger partial charge in [-0.3, -0.25) is 0 Å². The van der Waals surface area contributed by atoms with Gasteiger partial charge in [0, 0.05) is 6.61 Å². The van der Waals surface area contributed by atoms with E-state index < -0.39 is 0 Å². The van der Waals surface area contributed by atoms with Gasteiger partial charge in [0.15, 0.2) is 0 Å². The Labute approximate surface area is 63.8 Å². The number of hydrogen-bond donors (Lipinski definition) is 0.